The minimum Gasteiger partial charge on any atom is -0.300 e. The number of nitrogens with zero attached hydrogens (tertiary/aromatic N) is 3. The Balaban J connectivity index is 1.46. The number of halogens is 1. The van der Waals surface area contributed by atoms with E-state index in [1.807, 2.05) is 10.7 Å². The fraction of sp³-hybridized carbons (Fsp3) is 0.381. The molecular weight excluding hydrogens is 345 g/mol. The number of ketones is 2. The molecule has 1 aliphatic carbocycles. The van der Waals surface area contributed by atoms with Crippen LogP contribution in [0.15, 0.2) is 29.8 Å². The minimum absolute atomic E-state index is 0.0388. The monoisotopic (exact) mass is 367 g/mol. The molecular formula is C21H22FN3O2. The van der Waals surface area contributed by atoms with Crippen LogP contribution in [0.25, 0.3) is 6.08 Å². The predicted octanol–water partition coefficient (Wildman–Crippen LogP) is 3.03. The topological polar surface area (TPSA) is 55.2 Å². The normalized spacial score (nSPS) is 17.1. The number of hydrogen-bond donors (Lipinski definition) is 0. The maximum Gasteiger partial charge on any atom is 0.183 e. The molecule has 0 N–H and O–H groups in total. The molecule has 4 rings (SSSR count). The number of aryl methyl sites for hydroxylation is 1. The molecule has 2 aliphatic rings. The third-order valence-electron chi connectivity index (χ3n) is 5.26. The zero-order chi connectivity index (χ0) is 19.0. The molecule has 0 saturated carbocycles. The Morgan fingerprint density at radius 3 is 2.96 bits per heavy atom. The Morgan fingerprint density at radius 2 is 2.11 bits per heavy atom. The summed E-state index contributed by atoms with van der Waals surface area (Å²) in [7, 11) is 2.06. The van der Waals surface area contributed by atoms with E-state index in [1.165, 1.54) is 12.1 Å². The Kier molecular flexibility index (Phi) is 4.74. The van der Waals surface area contributed by atoms with Crippen LogP contribution < -0.4 is 0 Å². The van der Waals surface area contributed by atoms with Crippen molar-refractivity contribution in [1.29, 1.82) is 0 Å². The van der Waals surface area contributed by atoms with Gasteiger partial charge in [-0.1, -0.05) is 6.07 Å². The number of allylic oxidation sites excluding steroid dienone is 1. The van der Waals surface area contributed by atoms with Gasteiger partial charge in [0.25, 0.3) is 0 Å². The van der Waals surface area contributed by atoms with Crippen molar-refractivity contribution in [2.75, 3.05) is 13.6 Å². The van der Waals surface area contributed by atoms with Gasteiger partial charge in [-0.2, -0.15) is 5.10 Å². The van der Waals surface area contributed by atoms with Crippen LogP contribution in [-0.2, 0) is 24.3 Å². The van der Waals surface area contributed by atoms with E-state index in [0.29, 0.717) is 23.3 Å². The number of Topliss-reactive ketones (excluding diaryl/α,β-unsaturated/α-hetero) is 2. The first-order valence-electron chi connectivity index (χ1n) is 9.30. The molecule has 1 aliphatic heterocycles. The van der Waals surface area contributed by atoms with Crippen LogP contribution in [0.5, 0.6) is 0 Å². The first-order valence-corrected chi connectivity index (χ1v) is 9.30. The van der Waals surface area contributed by atoms with Crippen molar-refractivity contribution in [2.24, 2.45) is 0 Å². The summed E-state index contributed by atoms with van der Waals surface area (Å²) in [6, 6.07) is 6.35. The highest BCUT2D eigenvalue weighted by Crippen LogP contribution is 2.25. The number of hydrogen-bond acceptors (Lipinski definition) is 4. The molecule has 140 valence electrons. The second-order valence-electron chi connectivity index (χ2n) is 7.37. The molecule has 0 radical (unpaired) electrons. The van der Waals surface area contributed by atoms with Gasteiger partial charge in [0, 0.05) is 32.5 Å². The number of aromatic nitrogens is 2. The number of benzene rings is 1. The van der Waals surface area contributed by atoms with Gasteiger partial charge in [-0.3, -0.25) is 14.3 Å². The number of carbonyl (C=O) groups excluding carboxylic acids is 2. The largest absolute Gasteiger partial charge is 0.300 e. The van der Waals surface area contributed by atoms with Crippen molar-refractivity contribution in [3.63, 3.8) is 0 Å². The number of rotatable bonds is 4. The Labute approximate surface area is 157 Å². The molecule has 27 heavy (non-hydrogen) atoms. The lowest BCUT2D eigenvalue weighted by atomic mass is 9.88. The molecule has 1 aromatic carbocycles. The van der Waals surface area contributed by atoms with Crippen molar-refractivity contribution in [3.8, 4) is 0 Å². The van der Waals surface area contributed by atoms with Gasteiger partial charge in [0.2, 0.25) is 0 Å². The quantitative estimate of drug-likeness (QED) is 0.780. The van der Waals surface area contributed by atoms with Gasteiger partial charge in [0.1, 0.15) is 11.5 Å². The molecule has 2 aromatic rings. The molecule has 0 amide bonds. The van der Waals surface area contributed by atoms with E-state index in [9.17, 15) is 14.0 Å². The third-order valence-corrected chi connectivity index (χ3v) is 5.26. The minimum atomic E-state index is -0.334. The summed E-state index contributed by atoms with van der Waals surface area (Å²) in [6.07, 6.45) is 3.63. The fourth-order valence-corrected chi connectivity index (χ4v) is 3.77. The summed E-state index contributed by atoms with van der Waals surface area (Å²) in [4.78, 5) is 27.1. The smallest absolute Gasteiger partial charge is 0.183 e. The van der Waals surface area contributed by atoms with Crippen LogP contribution >= 0.6 is 0 Å². The van der Waals surface area contributed by atoms with E-state index >= 15 is 0 Å². The standard InChI is InChI=1S/C21H22FN3O2/c1-24-7-2-8-25-18(13-24)12-19(23-25)20(26)6-4-15-9-14-3-5-17(22)10-16(14)11-21(15)27/h3,5,9-10,12H,2,4,6-8,11,13H2,1H3. The highest BCUT2D eigenvalue weighted by molar-refractivity contribution is 6.04. The zero-order valence-electron chi connectivity index (χ0n) is 15.4. The summed E-state index contributed by atoms with van der Waals surface area (Å²) in [6.45, 7) is 2.63. The Hall–Kier alpha value is -2.60. The summed E-state index contributed by atoms with van der Waals surface area (Å²) >= 11 is 0. The first kappa shape index (κ1) is 17.8. The van der Waals surface area contributed by atoms with Crippen molar-refractivity contribution in [1.82, 2.24) is 14.7 Å². The van der Waals surface area contributed by atoms with Crippen molar-refractivity contribution in [3.05, 3.63) is 58.2 Å². The number of fused-ring (bicyclic) bond motifs is 2. The van der Waals surface area contributed by atoms with Crippen LogP contribution in [0.1, 0.15) is 46.6 Å². The van der Waals surface area contributed by atoms with Gasteiger partial charge >= 0.3 is 0 Å². The van der Waals surface area contributed by atoms with Crippen molar-refractivity contribution in [2.45, 2.75) is 38.8 Å². The molecule has 0 fully saturated rings. The van der Waals surface area contributed by atoms with Gasteiger partial charge in [0.05, 0.1) is 5.69 Å². The Morgan fingerprint density at radius 1 is 1.26 bits per heavy atom. The lowest BCUT2D eigenvalue weighted by Gasteiger charge is -2.15. The van der Waals surface area contributed by atoms with Crippen LogP contribution in [0, 0.1) is 5.82 Å². The van der Waals surface area contributed by atoms with E-state index in [-0.39, 0.29) is 30.2 Å². The van der Waals surface area contributed by atoms with Gasteiger partial charge < -0.3 is 4.90 Å². The van der Waals surface area contributed by atoms with Crippen LogP contribution in [0.2, 0.25) is 0 Å². The zero-order valence-corrected chi connectivity index (χ0v) is 15.4. The summed E-state index contributed by atoms with van der Waals surface area (Å²) in [5.74, 6) is -0.418. The molecule has 2 heterocycles. The van der Waals surface area contributed by atoms with Gasteiger partial charge in [0.15, 0.2) is 11.6 Å². The van der Waals surface area contributed by atoms with E-state index in [0.717, 1.165) is 37.3 Å². The predicted molar refractivity (Wildman–Crippen MR) is 99.8 cm³/mol. The van der Waals surface area contributed by atoms with Crippen LogP contribution in [-0.4, -0.2) is 39.8 Å². The lowest BCUT2D eigenvalue weighted by molar-refractivity contribution is -0.115. The Bertz CT molecular complexity index is 945. The van der Waals surface area contributed by atoms with Crippen molar-refractivity contribution >= 4 is 17.6 Å². The summed E-state index contributed by atoms with van der Waals surface area (Å²) in [5, 5.41) is 4.47. The average Bonchev–Trinajstić information content (AvgIpc) is 2.94. The fourth-order valence-electron chi connectivity index (χ4n) is 3.77. The van der Waals surface area contributed by atoms with Gasteiger partial charge in [-0.15, -0.1) is 0 Å². The first-order chi connectivity index (χ1) is 13.0. The second kappa shape index (κ2) is 7.19. The molecule has 0 atom stereocenters. The van der Waals surface area contributed by atoms with Crippen LogP contribution in [0.4, 0.5) is 4.39 Å². The summed E-state index contributed by atoms with van der Waals surface area (Å²) in [5.41, 5.74) is 3.73. The van der Waals surface area contributed by atoms with E-state index in [1.54, 1.807) is 12.1 Å². The molecule has 5 nitrogen and oxygen atoms in total. The SMILES string of the molecule is CN1CCCn2nc(C(=O)CCC3=Cc4ccc(F)cc4CC3=O)cc2C1. The second-order valence-corrected chi connectivity index (χ2v) is 7.37. The van der Waals surface area contributed by atoms with E-state index < -0.39 is 0 Å². The number of carbonyl (C=O) groups is 2. The molecule has 1 aromatic heterocycles. The lowest BCUT2D eigenvalue weighted by Crippen LogP contribution is -2.17. The maximum absolute atomic E-state index is 13.3. The summed E-state index contributed by atoms with van der Waals surface area (Å²) < 4.78 is 15.2. The average molecular weight is 367 g/mol. The van der Waals surface area contributed by atoms with E-state index in [4.69, 9.17) is 0 Å². The van der Waals surface area contributed by atoms with E-state index in [2.05, 4.69) is 17.0 Å². The van der Waals surface area contributed by atoms with Gasteiger partial charge in [-0.05, 0) is 60.9 Å². The molecule has 6 heteroatoms. The molecule has 0 unspecified atom stereocenters. The molecule has 0 saturated heterocycles. The molecule has 0 spiro atoms. The van der Waals surface area contributed by atoms with Gasteiger partial charge in [-0.25, -0.2) is 4.39 Å². The van der Waals surface area contributed by atoms with Crippen molar-refractivity contribution < 1.29 is 14.0 Å². The highest BCUT2D eigenvalue weighted by Gasteiger charge is 2.22. The molecule has 0 bridgehead atoms. The van der Waals surface area contributed by atoms with Crippen LogP contribution in [0.3, 0.4) is 0 Å². The third kappa shape index (κ3) is 3.76. The highest BCUT2D eigenvalue weighted by atomic mass is 19.1. The maximum atomic E-state index is 13.3.